The minimum atomic E-state index is 0.307. The number of benzene rings is 2. The number of nitrogens with zero attached hydrogens (tertiary/aromatic N) is 3. The summed E-state index contributed by atoms with van der Waals surface area (Å²) in [6, 6.07) is 16.4. The molecule has 174 valence electrons. The molecular formula is C26H33N5O2. The van der Waals surface area contributed by atoms with Crippen LogP contribution in [0.4, 0.5) is 0 Å². The predicted molar refractivity (Wildman–Crippen MR) is 131 cm³/mol. The van der Waals surface area contributed by atoms with Crippen LogP contribution in [0.5, 0.6) is 11.5 Å². The van der Waals surface area contributed by atoms with Gasteiger partial charge >= 0.3 is 0 Å². The summed E-state index contributed by atoms with van der Waals surface area (Å²) in [4.78, 5) is 4.37. The first-order chi connectivity index (χ1) is 16.2. The molecule has 1 aromatic heterocycles. The lowest BCUT2D eigenvalue weighted by Crippen LogP contribution is -2.36. The fourth-order valence-corrected chi connectivity index (χ4v) is 4.14. The molecule has 0 amide bonds. The monoisotopic (exact) mass is 447 g/mol. The smallest absolute Gasteiger partial charge is 0.191 e. The quantitative estimate of drug-likeness (QED) is 0.381. The van der Waals surface area contributed by atoms with Crippen LogP contribution < -0.4 is 20.1 Å². The van der Waals surface area contributed by atoms with Crippen LogP contribution in [0.1, 0.15) is 42.4 Å². The Morgan fingerprint density at radius 2 is 1.82 bits per heavy atom. The molecule has 1 fully saturated rings. The van der Waals surface area contributed by atoms with E-state index in [1.54, 1.807) is 20.4 Å². The minimum Gasteiger partial charge on any atom is -0.493 e. The standard InChI is InChI=1S/C26H33N5O2/c1-27-26(29-18-21-8-3-4-9-22(21)19-31-15-7-14-30-31)28-17-20-12-13-24(25(16-20)32-2)33-23-10-5-6-11-23/h3-4,7-9,12-16,23H,5-6,10-11,17-19H2,1-2H3,(H2,27,28,29). The van der Waals surface area contributed by atoms with Crippen LogP contribution in [0.3, 0.4) is 0 Å². The van der Waals surface area contributed by atoms with Crippen LogP contribution in [0.2, 0.25) is 0 Å². The Morgan fingerprint density at radius 1 is 1.03 bits per heavy atom. The van der Waals surface area contributed by atoms with Gasteiger partial charge in [-0.25, -0.2) is 0 Å². The largest absolute Gasteiger partial charge is 0.493 e. The van der Waals surface area contributed by atoms with E-state index in [-0.39, 0.29) is 0 Å². The van der Waals surface area contributed by atoms with E-state index in [4.69, 9.17) is 9.47 Å². The Labute approximate surface area is 195 Å². The molecule has 0 bridgehead atoms. The van der Waals surface area contributed by atoms with E-state index < -0.39 is 0 Å². The first kappa shape index (κ1) is 22.7. The molecule has 0 radical (unpaired) electrons. The molecule has 0 unspecified atom stereocenters. The van der Waals surface area contributed by atoms with Gasteiger partial charge in [-0.15, -0.1) is 0 Å². The van der Waals surface area contributed by atoms with Crippen molar-refractivity contribution in [3.05, 3.63) is 77.6 Å². The SMILES string of the molecule is CN=C(NCc1ccc(OC2CCCC2)c(OC)c1)NCc1ccccc1Cn1cccn1. The summed E-state index contributed by atoms with van der Waals surface area (Å²) >= 11 is 0. The summed E-state index contributed by atoms with van der Waals surface area (Å²) in [6.07, 6.45) is 8.82. The first-order valence-corrected chi connectivity index (χ1v) is 11.6. The van der Waals surface area contributed by atoms with Gasteiger partial charge in [-0.2, -0.15) is 5.10 Å². The molecule has 0 aliphatic heterocycles. The highest BCUT2D eigenvalue weighted by atomic mass is 16.5. The van der Waals surface area contributed by atoms with Crippen LogP contribution in [-0.2, 0) is 19.6 Å². The molecule has 7 heteroatoms. The van der Waals surface area contributed by atoms with Crippen LogP contribution in [0, 0.1) is 0 Å². The summed E-state index contributed by atoms with van der Waals surface area (Å²) in [6.45, 7) is 2.05. The van der Waals surface area contributed by atoms with Gasteiger partial charge in [0.2, 0.25) is 0 Å². The number of hydrogen-bond acceptors (Lipinski definition) is 4. The van der Waals surface area contributed by atoms with E-state index in [2.05, 4.69) is 51.1 Å². The second-order valence-corrected chi connectivity index (χ2v) is 8.26. The van der Waals surface area contributed by atoms with Gasteiger partial charge in [0.05, 0.1) is 19.8 Å². The van der Waals surface area contributed by atoms with Crippen LogP contribution in [0.15, 0.2) is 65.9 Å². The summed E-state index contributed by atoms with van der Waals surface area (Å²) in [7, 11) is 3.47. The maximum absolute atomic E-state index is 6.15. The summed E-state index contributed by atoms with van der Waals surface area (Å²) < 4.78 is 13.7. The van der Waals surface area contributed by atoms with Crippen molar-refractivity contribution < 1.29 is 9.47 Å². The maximum Gasteiger partial charge on any atom is 0.191 e. The third-order valence-corrected chi connectivity index (χ3v) is 5.96. The Hall–Kier alpha value is -3.48. The van der Waals surface area contributed by atoms with Gasteiger partial charge in [0.25, 0.3) is 0 Å². The molecule has 2 aromatic carbocycles. The van der Waals surface area contributed by atoms with Crippen LogP contribution in [0.25, 0.3) is 0 Å². The van der Waals surface area contributed by atoms with Gasteiger partial charge in [-0.3, -0.25) is 9.67 Å². The number of hydrogen-bond donors (Lipinski definition) is 2. The van der Waals surface area contributed by atoms with Crippen molar-refractivity contribution in [2.24, 2.45) is 4.99 Å². The Balaban J connectivity index is 1.33. The second-order valence-electron chi connectivity index (χ2n) is 8.26. The lowest BCUT2D eigenvalue weighted by molar-refractivity contribution is 0.200. The number of rotatable bonds is 9. The number of ether oxygens (including phenoxy) is 2. The number of nitrogens with one attached hydrogen (secondary N) is 2. The Kier molecular flexibility index (Phi) is 7.85. The summed E-state index contributed by atoms with van der Waals surface area (Å²) in [5.74, 6) is 2.34. The molecule has 7 nitrogen and oxygen atoms in total. The zero-order chi connectivity index (χ0) is 22.9. The van der Waals surface area contributed by atoms with Gasteiger partial charge in [-0.05, 0) is 60.6 Å². The van der Waals surface area contributed by atoms with E-state index in [0.717, 1.165) is 42.4 Å². The van der Waals surface area contributed by atoms with Crippen molar-refractivity contribution in [3.63, 3.8) is 0 Å². The molecule has 0 saturated heterocycles. The first-order valence-electron chi connectivity index (χ1n) is 11.6. The molecule has 4 rings (SSSR count). The normalized spacial score (nSPS) is 14.3. The molecule has 2 N–H and O–H groups in total. The zero-order valence-corrected chi connectivity index (χ0v) is 19.5. The van der Waals surface area contributed by atoms with Gasteiger partial charge < -0.3 is 20.1 Å². The summed E-state index contributed by atoms with van der Waals surface area (Å²) in [5.41, 5.74) is 3.55. The third kappa shape index (κ3) is 6.28. The van der Waals surface area contributed by atoms with Gasteiger partial charge in [0, 0.05) is 32.5 Å². The fraction of sp³-hybridized carbons (Fsp3) is 0.385. The van der Waals surface area contributed by atoms with E-state index >= 15 is 0 Å². The van der Waals surface area contributed by atoms with Gasteiger partial charge in [0.15, 0.2) is 17.5 Å². The number of guanidine groups is 1. The molecule has 0 atom stereocenters. The van der Waals surface area contributed by atoms with E-state index in [9.17, 15) is 0 Å². The molecule has 33 heavy (non-hydrogen) atoms. The number of aliphatic imine (C=N–C) groups is 1. The topological polar surface area (TPSA) is 72.7 Å². The predicted octanol–water partition coefficient (Wildman–Crippen LogP) is 4.13. The second kappa shape index (κ2) is 11.4. The number of methoxy groups -OCH3 is 1. The molecular weight excluding hydrogens is 414 g/mol. The highest BCUT2D eigenvalue weighted by Crippen LogP contribution is 2.32. The maximum atomic E-state index is 6.15. The lowest BCUT2D eigenvalue weighted by atomic mass is 10.1. The van der Waals surface area contributed by atoms with E-state index in [0.29, 0.717) is 19.2 Å². The van der Waals surface area contributed by atoms with Gasteiger partial charge in [0.1, 0.15) is 0 Å². The average Bonchev–Trinajstić information content (AvgIpc) is 3.55. The Bertz CT molecular complexity index is 1040. The van der Waals surface area contributed by atoms with Crippen LogP contribution in [-0.4, -0.2) is 36.0 Å². The molecule has 3 aromatic rings. The van der Waals surface area contributed by atoms with E-state index in [1.165, 1.54) is 24.0 Å². The van der Waals surface area contributed by atoms with Crippen molar-refractivity contribution in [2.45, 2.75) is 51.4 Å². The summed E-state index contributed by atoms with van der Waals surface area (Å²) in [5, 5.41) is 11.1. The Morgan fingerprint density at radius 3 is 2.55 bits per heavy atom. The van der Waals surface area contributed by atoms with Crippen molar-refractivity contribution >= 4 is 5.96 Å². The van der Waals surface area contributed by atoms with E-state index in [1.807, 2.05) is 29.1 Å². The van der Waals surface area contributed by atoms with Gasteiger partial charge in [-0.1, -0.05) is 30.3 Å². The van der Waals surface area contributed by atoms with Crippen LogP contribution >= 0.6 is 0 Å². The van der Waals surface area contributed by atoms with Crippen molar-refractivity contribution in [3.8, 4) is 11.5 Å². The molecule has 0 spiro atoms. The van der Waals surface area contributed by atoms with Crippen molar-refractivity contribution in [2.75, 3.05) is 14.2 Å². The highest BCUT2D eigenvalue weighted by Gasteiger charge is 2.18. The zero-order valence-electron chi connectivity index (χ0n) is 19.5. The molecule has 1 aliphatic carbocycles. The third-order valence-electron chi connectivity index (χ3n) is 5.96. The fourth-order valence-electron chi connectivity index (χ4n) is 4.14. The highest BCUT2D eigenvalue weighted by molar-refractivity contribution is 5.79. The molecule has 1 saturated carbocycles. The minimum absolute atomic E-state index is 0.307. The van der Waals surface area contributed by atoms with Crippen molar-refractivity contribution in [1.29, 1.82) is 0 Å². The molecule has 1 heterocycles. The lowest BCUT2D eigenvalue weighted by Gasteiger charge is -2.17. The van der Waals surface area contributed by atoms with Crippen molar-refractivity contribution in [1.82, 2.24) is 20.4 Å². The molecule has 1 aliphatic rings. The number of aromatic nitrogens is 2. The average molecular weight is 448 g/mol.